The number of aromatic nitrogens is 11. The van der Waals surface area contributed by atoms with Crippen LogP contribution in [0.15, 0.2) is 66.9 Å². The van der Waals surface area contributed by atoms with Crippen molar-refractivity contribution in [2.24, 2.45) is 11.5 Å². The highest BCUT2D eigenvalue weighted by Gasteiger charge is 2.23. The lowest BCUT2D eigenvalue weighted by Gasteiger charge is -2.13. The summed E-state index contributed by atoms with van der Waals surface area (Å²) in [6.07, 6.45) is 5.95. The van der Waals surface area contributed by atoms with Gasteiger partial charge in [-0.15, -0.1) is 0 Å². The molecule has 0 saturated carbocycles. The summed E-state index contributed by atoms with van der Waals surface area (Å²) in [6, 6.07) is 13.8. The molecule has 19 heteroatoms. The molecule has 0 atom stereocenters. The van der Waals surface area contributed by atoms with E-state index >= 15 is 0 Å². The molecule has 0 aliphatic rings. The molecule has 0 fully saturated rings. The summed E-state index contributed by atoms with van der Waals surface area (Å²) < 4.78 is 20.9. The van der Waals surface area contributed by atoms with Gasteiger partial charge in [0.2, 0.25) is 11.8 Å². The third-order valence-electron chi connectivity index (χ3n) is 11.2. The monoisotopic (exact) mass is 893 g/mol. The number of hydrogen-bond donors (Lipinski definition) is 2. The molecule has 8 rings (SSSR count). The molecule has 0 bridgehead atoms. The number of amides is 2. The first-order chi connectivity index (χ1) is 31.8. The standard InChI is InChI=1S/C47H51N13O6/c1-7-58-36(19-27(4)53-58)39(61)25-41-51-34-23-31(44(49)63)24-40(65-17-12-18-66-47(64)38-21-29(6)55-60(38)9-3)42(34)57(41)16-11-10-15-56-35-14-13-30(43(48)62)22-32(35)33-26-50-45(52-46(33)56)37-20-28(5)54-59(37)8-2/h10-11,13-14,19-24,26H,7-9,12,15-18,25H2,1-6H3,(H2,48,62)(H2,49,63)/b11-10+. The number of fused-ring (bicyclic) bond motifs is 4. The number of imidazole rings is 1. The van der Waals surface area contributed by atoms with Crippen LogP contribution in [0.5, 0.6) is 5.75 Å². The zero-order valence-corrected chi connectivity index (χ0v) is 37.7. The maximum atomic E-state index is 14.0. The summed E-state index contributed by atoms with van der Waals surface area (Å²) in [4.78, 5) is 66.4. The van der Waals surface area contributed by atoms with E-state index in [1.54, 1.807) is 52.0 Å². The van der Waals surface area contributed by atoms with Crippen molar-refractivity contribution in [1.82, 2.24) is 53.4 Å². The number of aryl methyl sites for hydroxylation is 6. The van der Waals surface area contributed by atoms with Crippen molar-refractivity contribution in [3.8, 4) is 17.3 Å². The average Bonchev–Trinajstić information content (AvgIpc) is 4.12. The number of benzene rings is 2. The van der Waals surface area contributed by atoms with Crippen LogP contribution in [0.2, 0.25) is 0 Å². The van der Waals surface area contributed by atoms with E-state index in [-0.39, 0.29) is 37.5 Å². The van der Waals surface area contributed by atoms with Crippen LogP contribution in [0.25, 0.3) is 44.5 Å². The van der Waals surface area contributed by atoms with Gasteiger partial charge in [-0.3, -0.25) is 28.4 Å². The Morgan fingerprint density at radius 3 is 2.05 bits per heavy atom. The van der Waals surface area contributed by atoms with Gasteiger partial charge in [0, 0.05) is 67.2 Å². The number of primary amides is 2. The van der Waals surface area contributed by atoms with Crippen LogP contribution >= 0.6 is 0 Å². The lowest BCUT2D eigenvalue weighted by Crippen LogP contribution is -2.15. The van der Waals surface area contributed by atoms with Crippen molar-refractivity contribution in [3.05, 3.63) is 112 Å². The Hall–Kier alpha value is -7.96. The Balaban J connectivity index is 1.14. The molecule has 4 N–H and O–H groups in total. The second-order valence-electron chi connectivity index (χ2n) is 15.9. The highest BCUT2D eigenvalue weighted by molar-refractivity contribution is 6.09. The van der Waals surface area contributed by atoms with Crippen molar-refractivity contribution < 1.29 is 28.7 Å². The molecule has 0 spiro atoms. The fourth-order valence-electron chi connectivity index (χ4n) is 8.20. The van der Waals surface area contributed by atoms with Crippen LogP contribution in [-0.4, -0.2) is 90.2 Å². The number of Topliss-reactive ketones (excluding diaryl/α,β-unsaturated/α-hetero) is 1. The van der Waals surface area contributed by atoms with Crippen LogP contribution in [0.3, 0.4) is 0 Å². The Morgan fingerprint density at radius 1 is 0.697 bits per heavy atom. The van der Waals surface area contributed by atoms with Gasteiger partial charge in [-0.05, 0) is 90.1 Å². The van der Waals surface area contributed by atoms with Crippen LogP contribution in [0.4, 0.5) is 0 Å². The number of hydrogen-bond acceptors (Lipinski definition) is 12. The molecule has 0 aliphatic carbocycles. The number of nitrogens with zero attached hydrogens (tertiary/aromatic N) is 11. The van der Waals surface area contributed by atoms with E-state index in [1.807, 2.05) is 79.6 Å². The van der Waals surface area contributed by atoms with E-state index in [2.05, 4.69) is 15.3 Å². The van der Waals surface area contributed by atoms with Crippen molar-refractivity contribution in [3.63, 3.8) is 0 Å². The van der Waals surface area contributed by atoms with Crippen molar-refractivity contribution >= 4 is 56.5 Å². The van der Waals surface area contributed by atoms with Gasteiger partial charge in [-0.1, -0.05) is 12.2 Å². The smallest absolute Gasteiger partial charge is 0.356 e. The van der Waals surface area contributed by atoms with Crippen LogP contribution in [0.1, 0.15) is 91.8 Å². The summed E-state index contributed by atoms with van der Waals surface area (Å²) in [5.74, 6) is -0.643. The Morgan fingerprint density at radius 2 is 1.35 bits per heavy atom. The van der Waals surface area contributed by atoms with E-state index in [4.69, 9.17) is 35.9 Å². The first kappa shape index (κ1) is 44.6. The van der Waals surface area contributed by atoms with Crippen LogP contribution < -0.4 is 16.2 Å². The van der Waals surface area contributed by atoms with Gasteiger partial charge in [-0.25, -0.2) is 19.7 Å². The fourth-order valence-corrected chi connectivity index (χ4v) is 8.20. The second-order valence-corrected chi connectivity index (χ2v) is 15.9. The van der Waals surface area contributed by atoms with Crippen LogP contribution in [0, 0.1) is 20.8 Å². The first-order valence-electron chi connectivity index (χ1n) is 21.8. The minimum absolute atomic E-state index is 0.0681. The van der Waals surface area contributed by atoms with E-state index in [0.29, 0.717) is 89.3 Å². The number of esters is 1. The van der Waals surface area contributed by atoms with E-state index in [0.717, 1.165) is 33.4 Å². The number of carbonyl (C=O) groups is 4. The number of carbonyl (C=O) groups excluding carboxylic acids is 4. The summed E-state index contributed by atoms with van der Waals surface area (Å²) in [5, 5.41) is 14.9. The van der Waals surface area contributed by atoms with Crippen molar-refractivity contribution in [2.45, 2.75) is 87.1 Å². The second kappa shape index (κ2) is 18.6. The largest absolute Gasteiger partial charge is 0.491 e. The van der Waals surface area contributed by atoms with E-state index in [1.165, 1.54) is 0 Å². The topological polar surface area (TPSA) is 241 Å². The number of ketones is 1. The zero-order chi connectivity index (χ0) is 46.8. The molecule has 8 aromatic rings. The Labute approximate surface area is 379 Å². The normalized spacial score (nSPS) is 11.7. The quantitative estimate of drug-likeness (QED) is 0.0431. The molecule has 0 unspecified atom stereocenters. The van der Waals surface area contributed by atoms with Crippen LogP contribution in [-0.2, 0) is 43.9 Å². The van der Waals surface area contributed by atoms with E-state index < -0.39 is 17.8 Å². The summed E-state index contributed by atoms with van der Waals surface area (Å²) in [7, 11) is 0. The van der Waals surface area contributed by atoms with Crippen molar-refractivity contribution in [1.29, 1.82) is 0 Å². The maximum absolute atomic E-state index is 14.0. The number of allylic oxidation sites excluding steroid dienone is 2. The predicted molar refractivity (Wildman–Crippen MR) is 246 cm³/mol. The molecule has 2 amide bonds. The molecule has 0 radical (unpaired) electrons. The zero-order valence-electron chi connectivity index (χ0n) is 37.7. The molecule has 6 aromatic heterocycles. The molecule has 2 aromatic carbocycles. The molecule has 0 aliphatic heterocycles. The highest BCUT2D eigenvalue weighted by atomic mass is 16.5. The summed E-state index contributed by atoms with van der Waals surface area (Å²) in [5.41, 5.74) is 18.3. The highest BCUT2D eigenvalue weighted by Crippen LogP contribution is 2.32. The minimum atomic E-state index is -0.678. The van der Waals surface area contributed by atoms with Gasteiger partial charge >= 0.3 is 5.97 Å². The first-order valence-corrected chi connectivity index (χ1v) is 21.8. The predicted octanol–water partition coefficient (Wildman–Crippen LogP) is 5.68. The lowest BCUT2D eigenvalue weighted by atomic mass is 10.1. The van der Waals surface area contributed by atoms with Gasteiger partial charge in [-0.2, -0.15) is 15.3 Å². The Kier molecular flexibility index (Phi) is 12.6. The van der Waals surface area contributed by atoms with Gasteiger partial charge in [0.25, 0.3) is 0 Å². The maximum Gasteiger partial charge on any atom is 0.356 e. The molecular weight excluding hydrogens is 843 g/mol. The molecule has 6 heterocycles. The molecule has 0 saturated heterocycles. The third-order valence-corrected chi connectivity index (χ3v) is 11.2. The summed E-state index contributed by atoms with van der Waals surface area (Å²) in [6.45, 7) is 13.8. The average molecular weight is 894 g/mol. The van der Waals surface area contributed by atoms with Crippen molar-refractivity contribution in [2.75, 3.05) is 13.2 Å². The third kappa shape index (κ3) is 8.78. The summed E-state index contributed by atoms with van der Waals surface area (Å²) >= 11 is 0. The van der Waals surface area contributed by atoms with E-state index in [9.17, 15) is 19.2 Å². The van der Waals surface area contributed by atoms with Gasteiger partial charge in [0.15, 0.2) is 11.6 Å². The minimum Gasteiger partial charge on any atom is -0.491 e. The molecule has 340 valence electrons. The van der Waals surface area contributed by atoms with Gasteiger partial charge in [0.05, 0.1) is 47.7 Å². The molecular formula is C47H51N13O6. The molecule has 66 heavy (non-hydrogen) atoms. The molecule has 19 nitrogen and oxygen atoms in total. The number of rotatable bonds is 19. The number of nitrogens with two attached hydrogens (primary N) is 2. The fraction of sp³-hybridized carbons (Fsp3) is 0.319. The Bertz CT molecular complexity index is 3220. The SMILES string of the molecule is CCn1nc(C)cc1C(=O)Cc1nc2cc(C(N)=O)cc(OCCCOC(=O)c3cc(C)nn3CC)c2n1C/C=C/Cn1c2ccc(C(N)=O)cc2c2cnc(-c3cc(C)nn3CC)nc21. The number of ether oxygens (including phenoxy) is 2. The van der Waals surface area contributed by atoms with Gasteiger partial charge in [0.1, 0.15) is 39.8 Å². The van der Waals surface area contributed by atoms with Gasteiger partial charge < -0.3 is 30.1 Å². The lowest BCUT2D eigenvalue weighted by molar-refractivity contribution is 0.0471.